The van der Waals surface area contributed by atoms with Crippen LogP contribution in [0.15, 0.2) is 22.7 Å². The first-order valence-corrected chi connectivity index (χ1v) is 7.28. The highest BCUT2D eigenvalue weighted by molar-refractivity contribution is 6.03. The zero-order valence-corrected chi connectivity index (χ0v) is 12.8. The maximum absolute atomic E-state index is 12.2. The molecule has 6 heteroatoms. The van der Waals surface area contributed by atoms with E-state index in [0.29, 0.717) is 23.7 Å². The fourth-order valence-corrected chi connectivity index (χ4v) is 2.47. The summed E-state index contributed by atoms with van der Waals surface area (Å²) in [5, 5.41) is 6.51. The number of carbonyl (C=O) groups excluding carboxylic acids is 1. The van der Waals surface area contributed by atoms with Crippen LogP contribution in [0.4, 0.5) is 5.69 Å². The Bertz CT molecular complexity index is 708. The lowest BCUT2D eigenvalue weighted by Crippen LogP contribution is -2.12. The molecule has 6 nitrogen and oxygen atoms in total. The summed E-state index contributed by atoms with van der Waals surface area (Å²) in [4.78, 5) is 12.2. The minimum atomic E-state index is -0.368. The van der Waals surface area contributed by atoms with Crippen molar-refractivity contribution < 1.29 is 18.8 Å². The normalized spacial score (nSPS) is 16.0. The second kappa shape index (κ2) is 5.71. The summed E-state index contributed by atoms with van der Waals surface area (Å²) in [6.07, 6.45) is 0.970. The number of ether oxygens (including phenoxy) is 2. The summed E-state index contributed by atoms with van der Waals surface area (Å²) in [7, 11) is 0. The molecule has 2 aromatic rings. The molecular formula is C16H18N2O4. The third-order valence-corrected chi connectivity index (χ3v) is 3.40. The van der Waals surface area contributed by atoms with Crippen molar-refractivity contribution in [1.82, 2.24) is 5.16 Å². The highest BCUT2D eigenvalue weighted by Crippen LogP contribution is 2.38. The van der Waals surface area contributed by atoms with Crippen molar-refractivity contribution in [1.29, 1.82) is 0 Å². The van der Waals surface area contributed by atoms with Crippen LogP contribution in [0.5, 0.6) is 11.5 Å². The van der Waals surface area contributed by atoms with Gasteiger partial charge in [0.1, 0.15) is 17.6 Å². The first-order chi connectivity index (χ1) is 10.6. The van der Waals surface area contributed by atoms with Crippen LogP contribution in [0.3, 0.4) is 0 Å². The predicted molar refractivity (Wildman–Crippen MR) is 80.6 cm³/mol. The summed E-state index contributed by atoms with van der Waals surface area (Å²) in [5.41, 5.74) is 2.31. The number of nitrogens with one attached hydrogen (secondary N) is 1. The minimum absolute atomic E-state index is 0.132. The Hall–Kier alpha value is -2.50. The zero-order valence-electron chi connectivity index (χ0n) is 12.8. The molecule has 1 N–H and O–H groups in total. The maximum atomic E-state index is 12.2. The molecule has 3 rings (SSSR count). The fourth-order valence-electron chi connectivity index (χ4n) is 2.47. The highest BCUT2D eigenvalue weighted by atomic mass is 16.5. The number of nitrogens with zero attached hydrogens (tertiary/aromatic N) is 1. The molecule has 1 amide bonds. The van der Waals surface area contributed by atoms with Crippen LogP contribution in [0.25, 0.3) is 0 Å². The number of carbonyl (C=O) groups is 1. The molecule has 1 unspecified atom stereocenters. The monoisotopic (exact) mass is 302 g/mol. The lowest BCUT2D eigenvalue weighted by molar-refractivity contribution is 0.0987. The first kappa shape index (κ1) is 14.4. The van der Waals surface area contributed by atoms with E-state index in [4.69, 9.17) is 14.0 Å². The Morgan fingerprint density at radius 2 is 2.27 bits per heavy atom. The van der Waals surface area contributed by atoms with Gasteiger partial charge in [-0.1, -0.05) is 5.16 Å². The van der Waals surface area contributed by atoms with Gasteiger partial charge in [0.15, 0.2) is 0 Å². The van der Waals surface area contributed by atoms with E-state index in [1.54, 1.807) is 19.1 Å². The molecule has 116 valence electrons. The third-order valence-electron chi connectivity index (χ3n) is 3.40. The number of hydrogen-bond donors (Lipinski definition) is 1. The van der Waals surface area contributed by atoms with E-state index in [0.717, 1.165) is 17.7 Å². The van der Waals surface area contributed by atoms with Gasteiger partial charge in [-0.2, -0.15) is 0 Å². The number of fused-ring (bicyclic) bond motifs is 1. The molecule has 0 aliphatic carbocycles. The van der Waals surface area contributed by atoms with Crippen LogP contribution >= 0.6 is 0 Å². The Kier molecular flexibility index (Phi) is 3.75. The van der Waals surface area contributed by atoms with Gasteiger partial charge in [-0.3, -0.25) is 4.79 Å². The van der Waals surface area contributed by atoms with Gasteiger partial charge in [0.05, 0.1) is 18.0 Å². The van der Waals surface area contributed by atoms with E-state index in [1.165, 1.54) is 0 Å². The van der Waals surface area contributed by atoms with Crippen molar-refractivity contribution in [3.05, 3.63) is 35.2 Å². The molecule has 1 aliphatic rings. The standard InChI is InChI=1S/C16H18N2O4/c1-4-20-14-7-11-6-10(3)21-13(11)8-12(14)17-16(19)15-5-9(2)18-22-15/h5,7-8,10H,4,6H2,1-3H3,(H,17,19). The number of amides is 1. The number of anilines is 1. The van der Waals surface area contributed by atoms with Gasteiger partial charge in [-0.25, -0.2) is 0 Å². The molecule has 0 bridgehead atoms. The van der Waals surface area contributed by atoms with Crippen LogP contribution in [0, 0.1) is 6.92 Å². The molecule has 1 aliphatic heterocycles. The first-order valence-electron chi connectivity index (χ1n) is 7.28. The summed E-state index contributed by atoms with van der Waals surface area (Å²) in [6.45, 7) is 6.18. The maximum Gasteiger partial charge on any atom is 0.294 e. The SMILES string of the molecule is CCOc1cc2c(cc1NC(=O)c1cc(C)no1)OC(C)C2. The summed E-state index contributed by atoms with van der Waals surface area (Å²) in [6, 6.07) is 5.30. The van der Waals surface area contributed by atoms with Crippen LogP contribution in [0.2, 0.25) is 0 Å². The second-order valence-corrected chi connectivity index (χ2v) is 5.31. The molecule has 0 saturated heterocycles. The lowest BCUT2D eigenvalue weighted by atomic mass is 10.1. The fraction of sp³-hybridized carbons (Fsp3) is 0.375. The Morgan fingerprint density at radius 3 is 2.95 bits per heavy atom. The van der Waals surface area contributed by atoms with Crippen molar-refractivity contribution in [3.63, 3.8) is 0 Å². The van der Waals surface area contributed by atoms with Gasteiger partial charge < -0.3 is 19.3 Å². The predicted octanol–water partition coefficient (Wildman–Crippen LogP) is 2.96. The van der Waals surface area contributed by atoms with Gasteiger partial charge >= 0.3 is 0 Å². The van der Waals surface area contributed by atoms with E-state index in [-0.39, 0.29) is 17.8 Å². The average Bonchev–Trinajstić information content (AvgIpc) is 3.04. The largest absolute Gasteiger partial charge is 0.492 e. The van der Waals surface area contributed by atoms with Crippen LogP contribution < -0.4 is 14.8 Å². The number of aromatic nitrogens is 1. The number of hydrogen-bond acceptors (Lipinski definition) is 5. The molecule has 1 atom stereocenters. The molecule has 0 fully saturated rings. The second-order valence-electron chi connectivity index (χ2n) is 5.31. The third kappa shape index (κ3) is 2.77. The molecule has 1 aromatic carbocycles. The Labute approximate surface area is 128 Å². The van der Waals surface area contributed by atoms with Gasteiger partial charge in [0, 0.05) is 24.1 Å². The Balaban J connectivity index is 1.89. The van der Waals surface area contributed by atoms with Gasteiger partial charge in [-0.05, 0) is 26.8 Å². The van der Waals surface area contributed by atoms with E-state index in [2.05, 4.69) is 10.5 Å². The highest BCUT2D eigenvalue weighted by Gasteiger charge is 2.23. The molecule has 0 spiro atoms. The van der Waals surface area contributed by atoms with E-state index in [9.17, 15) is 4.79 Å². The summed E-state index contributed by atoms with van der Waals surface area (Å²) >= 11 is 0. The van der Waals surface area contributed by atoms with Crippen molar-refractivity contribution in [3.8, 4) is 11.5 Å². The van der Waals surface area contributed by atoms with E-state index in [1.807, 2.05) is 19.9 Å². The molecule has 1 aromatic heterocycles. The van der Waals surface area contributed by atoms with Crippen LogP contribution in [0.1, 0.15) is 35.7 Å². The lowest BCUT2D eigenvalue weighted by Gasteiger charge is -2.12. The smallest absolute Gasteiger partial charge is 0.294 e. The van der Waals surface area contributed by atoms with E-state index < -0.39 is 0 Å². The van der Waals surface area contributed by atoms with Crippen LogP contribution in [-0.2, 0) is 6.42 Å². The van der Waals surface area contributed by atoms with Gasteiger partial charge in [0.25, 0.3) is 5.91 Å². The van der Waals surface area contributed by atoms with Crippen molar-refractivity contribution in [2.24, 2.45) is 0 Å². The quantitative estimate of drug-likeness (QED) is 0.940. The molecule has 0 saturated carbocycles. The van der Waals surface area contributed by atoms with Crippen molar-refractivity contribution in [2.75, 3.05) is 11.9 Å². The average molecular weight is 302 g/mol. The molecular weight excluding hydrogens is 284 g/mol. The van der Waals surface area contributed by atoms with Gasteiger partial charge in [-0.15, -0.1) is 0 Å². The molecule has 0 radical (unpaired) electrons. The Morgan fingerprint density at radius 1 is 1.45 bits per heavy atom. The number of benzene rings is 1. The summed E-state index contributed by atoms with van der Waals surface area (Å²) in [5.74, 6) is 1.20. The van der Waals surface area contributed by atoms with Crippen LogP contribution in [-0.4, -0.2) is 23.8 Å². The minimum Gasteiger partial charge on any atom is -0.492 e. The van der Waals surface area contributed by atoms with Gasteiger partial charge in [0.2, 0.25) is 5.76 Å². The number of aryl methyl sites for hydroxylation is 1. The topological polar surface area (TPSA) is 73.6 Å². The molecule has 2 heterocycles. The van der Waals surface area contributed by atoms with E-state index >= 15 is 0 Å². The molecule has 22 heavy (non-hydrogen) atoms. The van der Waals surface area contributed by atoms with Crippen molar-refractivity contribution in [2.45, 2.75) is 33.3 Å². The summed E-state index contributed by atoms with van der Waals surface area (Å²) < 4.78 is 16.3. The van der Waals surface area contributed by atoms with Crippen molar-refractivity contribution >= 4 is 11.6 Å². The zero-order chi connectivity index (χ0) is 15.7. The number of rotatable bonds is 4.